The average molecular weight is 732 g/mol. The Balaban J connectivity index is 1.01. The fourth-order valence-electron chi connectivity index (χ4n) is 9.49. The van der Waals surface area contributed by atoms with Crippen LogP contribution in [0.5, 0.6) is 0 Å². The van der Waals surface area contributed by atoms with Gasteiger partial charge in [0.05, 0.1) is 11.1 Å². The zero-order chi connectivity index (χ0) is 36.8. The summed E-state index contributed by atoms with van der Waals surface area (Å²) in [6, 6.07) is 73.2. The lowest BCUT2D eigenvalue weighted by Gasteiger charge is -2.40. The number of benzene rings is 9. The van der Waals surface area contributed by atoms with Crippen molar-refractivity contribution in [2.45, 2.75) is 15.2 Å². The van der Waals surface area contributed by atoms with Gasteiger partial charge in [-0.25, -0.2) is 0 Å². The molecule has 0 unspecified atom stereocenters. The molecule has 2 nitrogen and oxygen atoms in total. The topological polar surface area (TPSA) is 16.4 Å². The summed E-state index contributed by atoms with van der Waals surface area (Å²) in [5.41, 5.74) is 15.0. The zero-order valence-corrected chi connectivity index (χ0v) is 31.1. The Morgan fingerprint density at radius 2 is 1.02 bits per heavy atom. The van der Waals surface area contributed by atoms with E-state index in [4.69, 9.17) is 4.42 Å². The predicted molar refractivity (Wildman–Crippen MR) is 233 cm³/mol. The molecule has 0 fully saturated rings. The molecule has 1 spiro atoms. The molecular formula is C53H33NOS. The van der Waals surface area contributed by atoms with Gasteiger partial charge in [-0.2, -0.15) is 0 Å². The van der Waals surface area contributed by atoms with Crippen molar-refractivity contribution >= 4 is 61.5 Å². The fraction of sp³-hybridized carbons (Fsp3) is 0.0189. The lowest BCUT2D eigenvalue weighted by molar-refractivity contribution is 0.669. The fourth-order valence-corrected chi connectivity index (χ4v) is 10.7. The number of fused-ring (bicyclic) bond motifs is 13. The molecule has 0 bridgehead atoms. The Morgan fingerprint density at radius 3 is 1.80 bits per heavy atom. The highest BCUT2D eigenvalue weighted by molar-refractivity contribution is 7.99. The summed E-state index contributed by atoms with van der Waals surface area (Å²) < 4.78 is 6.54. The third kappa shape index (κ3) is 4.46. The first-order valence-electron chi connectivity index (χ1n) is 19.2. The molecule has 3 heteroatoms. The van der Waals surface area contributed by atoms with Crippen molar-refractivity contribution in [2.24, 2.45) is 0 Å². The first kappa shape index (κ1) is 31.5. The second-order valence-corrected chi connectivity index (χ2v) is 15.9. The van der Waals surface area contributed by atoms with Gasteiger partial charge in [0, 0.05) is 31.9 Å². The van der Waals surface area contributed by atoms with E-state index in [1.54, 1.807) is 0 Å². The number of anilines is 3. The molecule has 56 heavy (non-hydrogen) atoms. The van der Waals surface area contributed by atoms with E-state index in [-0.39, 0.29) is 0 Å². The van der Waals surface area contributed by atoms with Crippen LogP contribution in [0.25, 0.3) is 55.0 Å². The van der Waals surface area contributed by atoms with Crippen molar-refractivity contribution in [2.75, 3.05) is 4.90 Å². The van der Waals surface area contributed by atoms with Gasteiger partial charge in [0.2, 0.25) is 0 Å². The highest BCUT2D eigenvalue weighted by Gasteiger charge is 2.50. The number of rotatable bonds is 4. The highest BCUT2D eigenvalue weighted by atomic mass is 32.2. The Bertz CT molecular complexity index is 3130. The lowest BCUT2D eigenvalue weighted by Crippen LogP contribution is -2.32. The summed E-state index contributed by atoms with van der Waals surface area (Å²) >= 11 is 1.90. The van der Waals surface area contributed by atoms with Crippen LogP contribution in [0.1, 0.15) is 22.3 Å². The summed E-state index contributed by atoms with van der Waals surface area (Å²) in [5.74, 6) is 0. The van der Waals surface area contributed by atoms with Gasteiger partial charge in [-0.05, 0) is 110 Å². The van der Waals surface area contributed by atoms with Gasteiger partial charge in [0.25, 0.3) is 0 Å². The van der Waals surface area contributed by atoms with Crippen LogP contribution in [-0.4, -0.2) is 0 Å². The van der Waals surface area contributed by atoms with E-state index in [2.05, 4.69) is 193 Å². The third-order valence-electron chi connectivity index (χ3n) is 11.9. The molecule has 12 rings (SSSR count). The summed E-state index contributed by atoms with van der Waals surface area (Å²) in [6.07, 6.45) is 0. The molecule has 0 N–H and O–H groups in total. The minimum Gasteiger partial charge on any atom is -0.454 e. The Kier molecular flexibility index (Phi) is 6.81. The van der Waals surface area contributed by atoms with Crippen LogP contribution in [0, 0.1) is 0 Å². The molecule has 1 aromatic heterocycles. The van der Waals surface area contributed by atoms with E-state index in [9.17, 15) is 0 Å². The van der Waals surface area contributed by atoms with Crippen LogP contribution in [0.15, 0.2) is 214 Å². The molecule has 262 valence electrons. The van der Waals surface area contributed by atoms with Crippen molar-refractivity contribution in [1.82, 2.24) is 0 Å². The second kappa shape index (κ2) is 12.1. The number of hydrogen-bond acceptors (Lipinski definition) is 3. The number of furan rings is 1. The van der Waals surface area contributed by atoms with Crippen LogP contribution >= 0.6 is 11.8 Å². The molecular weight excluding hydrogens is 699 g/mol. The van der Waals surface area contributed by atoms with Crippen LogP contribution in [0.2, 0.25) is 0 Å². The molecule has 2 aliphatic rings. The van der Waals surface area contributed by atoms with E-state index < -0.39 is 5.41 Å². The number of nitrogens with zero attached hydrogens (tertiary/aromatic N) is 1. The van der Waals surface area contributed by atoms with Crippen LogP contribution < -0.4 is 4.90 Å². The van der Waals surface area contributed by atoms with Gasteiger partial charge < -0.3 is 9.32 Å². The molecule has 0 amide bonds. The molecule has 0 saturated carbocycles. The van der Waals surface area contributed by atoms with E-state index in [1.807, 2.05) is 23.9 Å². The number of hydrogen-bond donors (Lipinski definition) is 0. The van der Waals surface area contributed by atoms with E-state index in [0.29, 0.717) is 0 Å². The maximum atomic E-state index is 6.54. The van der Waals surface area contributed by atoms with Crippen LogP contribution in [0.3, 0.4) is 0 Å². The quantitative estimate of drug-likeness (QED) is 0.179. The monoisotopic (exact) mass is 731 g/mol. The van der Waals surface area contributed by atoms with E-state index in [1.165, 1.54) is 65.1 Å². The molecule has 1 aliphatic carbocycles. The predicted octanol–water partition coefficient (Wildman–Crippen LogP) is 14.7. The molecule has 9 aromatic carbocycles. The minimum absolute atomic E-state index is 0.413. The van der Waals surface area contributed by atoms with Crippen molar-refractivity contribution in [1.29, 1.82) is 0 Å². The second-order valence-electron chi connectivity index (χ2n) is 14.8. The molecule has 2 heterocycles. The highest BCUT2D eigenvalue weighted by Crippen LogP contribution is 2.62. The normalized spacial score (nSPS) is 13.4. The van der Waals surface area contributed by atoms with Crippen molar-refractivity contribution in [3.63, 3.8) is 0 Å². The summed E-state index contributed by atoms with van der Waals surface area (Å²) in [4.78, 5) is 4.91. The van der Waals surface area contributed by atoms with Gasteiger partial charge in [-0.15, -0.1) is 0 Å². The minimum atomic E-state index is -0.413. The van der Waals surface area contributed by atoms with Crippen molar-refractivity contribution in [3.8, 4) is 22.3 Å². The van der Waals surface area contributed by atoms with Gasteiger partial charge in [-0.3, -0.25) is 0 Å². The molecule has 0 atom stereocenters. The molecule has 0 radical (unpaired) electrons. The van der Waals surface area contributed by atoms with E-state index >= 15 is 0 Å². The maximum absolute atomic E-state index is 6.54. The lowest BCUT2D eigenvalue weighted by atomic mass is 9.67. The van der Waals surface area contributed by atoms with Gasteiger partial charge in [0.1, 0.15) is 5.58 Å². The SMILES string of the molecule is c1ccc(N(c2ccc(-c3ccc4c(c3)Sc3cc5ccccc5cc3C43c4ccccc4-c4ccccc43)cc2)c2cccc3c2oc2ccccc23)cc1. The largest absolute Gasteiger partial charge is 0.454 e. The first-order chi connectivity index (χ1) is 27.8. The molecule has 0 saturated heterocycles. The smallest absolute Gasteiger partial charge is 0.159 e. The summed E-state index contributed by atoms with van der Waals surface area (Å²) in [7, 11) is 0. The Morgan fingerprint density at radius 1 is 0.411 bits per heavy atom. The Hall–Kier alpha value is -6.81. The Labute approximate surface area is 329 Å². The van der Waals surface area contributed by atoms with Crippen molar-refractivity contribution in [3.05, 3.63) is 222 Å². The van der Waals surface area contributed by atoms with Gasteiger partial charge in [0.15, 0.2) is 5.58 Å². The molecule has 1 aliphatic heterocycles. The van der Waals surface area contributed by atoms with Crippen LogP contribution in [-0.2, 0) is 5.41 Å². The first-order valence-corrected chi connectivity index (χ1v) is 20.0. The van der Waals surface area contributed by atoms with Crippen LogP contribution in [0.4, 0.5) is 17.1 Å². The standard InChI is InChI=1S/C53H33NOS/c1-2-15-38(16-3-1)54(48-23-12-20-43-42-19-8-11-24-49(42)55-52(43)48)39-28-25-34(26-29-39)37-27-30-46-50(33-37)56-51-32-36-14-5-4-13-35(36)31-47(51)53(46)44-21-9-6-17-40(44)41-18-7-10-22-45(41)53/h1-33H. The zero-order valence-electron chi connectivity index (χ0n) is 30.3. The third-order valence-corrected chi connectivity index (χ3v) is 13.0. The number of para-hydroxylation sites is 3. The maximum Gasteiger partial charge on any atom is 0.159 e. The van der Waals surface area contributed by atoms with Crippen molar-refractivity contribution < 1.29 is 4.42 Å². The van der Waals surface area contributed by atoms with Gasteiger partial charge in [-0.1, -0.05) is 157 Å². The average Bonchev–Trinajstić information content (AvgIpc) is 3.79. The summed E-state index contributed by atoms with van der Waals surface area (Å²) in [6.45, 7) is 0. The van der Waals surface area contributed by atoms with E-state index in [0.717, 1.165) is 39.0 Å². The summed E-state index contributed by atoms with van der Waals surface area (Å²) in [5, 5.41) is 4.78. The molecule has 10 aromatic rings. The van der Waals surface area contributed by atoms with Gasteiger partial charge >= 0.3 is 0 Å².